The second-order valence-corrected chi connectivity index (χ2v) is 6.30. The highest BCUT2D eigenvalue weighted by atomic mass is 16.5. The van der Waals surface area contributed by atoms with Gasteiger partial charge in [0.05, 0.1) is 18.8 Å². The summed E-state index contributed by atoms with van der Waals surface area (Å²) in [4.78, 5) is 11.1. The molecule has 0 amide bonds. The van der Waals surface area contributed by atoms with Gasteiger partial charge in [-0.2, -0.15) is 0 Å². The highest BCUT2D eigenvalue weighted by Crippen LogP contribution is 2.59. The van der Waals surface area contributed by atoms with Crippen molar-refractivity contribution in [2.45, 2.75) is 64.6 Å². The standard InChI is InChI=1S/C14H24O3/c1-13(2)10(6-5-7-12(15)16-4)14(3)9-8-11(13)17-14/h10-11H,5-9H2,1-4H3/t10-,11-,14+/m0/s1. The van der Waals surface area contributed by atoms with Crippen molar-refractivity contribution in [3.63, 3.8) is 0 Å². The molecular weight excluding hydrogens is 216 g/mol. The van der Waals surface area contributed by atoms with Crippen LogP contribution in [0.1, 0.15) is 52.9 Å². The summed E-state index contributed by atoms with van der Waals surface area (Å²) in [6.07, 6.45) is 5.28. The minimum absolute atomic E-state index is 0.0459. The van der Waals surface area contributed by atoms with Gasteiger partial charge in [0.15, 0.2) is 0 Å². The molecule has 0 aromatic carbocycles. The van der Waals surface area contributed by atoms with Crippen LogP contribution >= 0.6 is 0 Å². The zero-order valence-electron chi connectivity index (χ0n) is 11.4. The Morgan fingerprint density at radius 2 is 2.12 bits per heavy atom. The molecule has 0 aromatic heterocycles. The van der Waals surface area contributed by atoms with E-state index in [0.717, 1.165) is 12.8 Å². The number of methoxy groups -OCH3 is 1. The molecule has 2 aliphatic rings. The summed E-state index contributed by atoms with van der Waals surface area (Å²) in [5.41, 5.74) is 0.299. The van der Waals surface area contributed by atoms with Gasteiger partial charge in [-0.1, -0.05) is 13.8 Å². The van der Waals surface area contributed by atoms with Crippen LogP contribution < -0.4 is 0 Å². The average molecular weight is 240 g/mol. The van der Waals surface area contributed by atoms with Crippen molar-refractivity contribution < 1.29 is 14.3 Å². The van der Waals surface area contributed by atoms with Crippen LogP contribution in [-0.4, -0.2) is 24.8 Å². The van der Waals surface area contributed by atoms with Crippen LogP contribution in [0.25, 0.3) is 0 Å². The van der Waals surface area contributed by atoms with Gasteiger partial charge in [0, 0.05) is 6.42 Å². The lowest BCUT2D eigenvalue weighted by atomic mass is 9.62. The molecule has 3 heteroatoms. The summed E-state index contributed by atoms with van der Waals surface area (Å²) < 4.78 is 10.8. The van der Waals surface area contributed by atoms with Crippen molar-refractivity contribution >= 4 is 5.97 Å². The maximum Gasteiger partial charge on any atom is 0.305 e. The first-order valence-corrected chi connectivity index (χ1v) is 6.65. The van der Waals surface area contributed by atoms with Gasteiger partial charge in [-0.3, -0.25) is 4.79 Å². The van der Waals surface area contributed by atoms with E-state index < -0.39 is 0 Å². The van der Waals surface area contributed by atoms with Crippen molar-refractivity contribution in [1.29, 1.82) is 0 Å². The highest BCUT2D eigenvalue weighted by Gasteiger charge is 2.60. The summed E-state index contributed by atoms with van der Waals surface area (Å²) in [6, 6.07) is 0. The molecule has 3 atom stereocenters. The van der Waals surface area contributed by atoms with Gasteiger partial charge in [-0.25, -0.2) is 0 Å². The molecule has 2 aliphatic heterocycles. The predicted molar refractivity (Wildman–Crippen MR) is 65.7 cm³/mol. The van der Waals surface area contributed by atoms with E-state index in [1.807, 2.05) is 0 Å². The number of fused-ring (bicyclic) bond motifs is 2. The maximum absolute atomic E-state index is 11.1. The quantitative estimate of drug-likeness (QED) is 0.709. The summed E-state index contributed by atoms with van der Waals surface area (Å²) in [5, 5.41) is 0. The van der Waals surface area contributed by atoms with Gasteiger partial charge < -0.3 is 9.47 Å². The van der Waals surface area contributed by atoms with Gasteiger partial charge in [0.2, 0.25) is 0 Å². The zero-order valence-corrected chi connectivity index (χ0v) is 11.4. The number of ether oxygens (including phenoxy) is 2. The molecule has 0 aromatic rings. The Bertz CT molecular complexity index is 306. The van der Waals surface area contributed by atoms with Crippen LogP contribution in [0.4, 0.5) is 0 Å². The van der Waals surface area contributed by atoms with E-state index >= 15 is 0 Å². The third kappa shape index (κ3) is 2.10. The fourth-order valence-electron chi connectivity index (χ4n) is 3.88. The summed E-state index contributed by atoms with van der Waals surface area (Å²) in [5.74, 6) is 0.468. The number of hydrogen-bond acceptors (Lipinski definition) is 3. The van der Waals surface area contributed by atoms with E-state index in [4.69, 9.17) is 4.74 Å². The first kappa shape index (κ1) is 12.9. The smallest absolute Gasteiger partial charge is 0.305 e. The summed E-state index contributed by atoms with van der Waals surface area (Å²) >= 11 is 0. The SMILES string of the molecule is COC(=O)CCC[C@H]1C(C)(C)[C@@H]2CC[C@@]1(C)O2. The van der Waals surface area contributed by atoms with Gasteiger partial charge in [-0.05, 0) is 43.9 Å². The van der Waals surface area contributed by atoms with Crippen LogP contribution in [0.15, 0.2) is 0 Å². The van der Waals surface area contributed by atoms with Gasteiger partial charge in [0.1, 0.15) is 0 Å². The fraction of sp³-hybridized carbons (Fsp3) is 0.929. The molecule has 0 spiro atoms. The van der Waals surface area contributed by atoms with Crippen molar-refractivity contribution in [3.05, 3.63) is 0 Å². The summed E-state index contributed by atoms with van der Waals surface area (Å²) in [6.45, 7) is 6.86. The van der Waals surface area contributed by atoms with Crippen molar-refractivity contribution in [3.8, 4) is 0 Å². The molecule has 2 saturated heterocycles. The lowest BCUT2D eigenvalue weighted by molar-refractivity contribution is -0.140. The van der Waals surface area contributed by atoms with Gasteiger partial charge in [-0.15, -0.1) is 0 Å². The van der Waals surface area contributed by atoms with E-state index in [-0.39, 0.29) is 17.0 Å². The van der Waals surface area contributed by atoms with Crippen LogP contribution in [-0.2, 0) is 14.3 Å². The Hall–Kier alpha value is -0.570. The number of rotatable bonds is 4. The van der Waals surface area contributed by atoms with Gasteiger partial charge >= 0.3 is 5.97 Å². The molecule has 0 saturated carbocycles. The largest absolute Gasteiger partial charge is 0.469 e. The zero-order chi connectivity index (χ0) is 12.7. The van der Waals surface area contributed by atoms with Crippen LogP contribution in [0.5, 0.6) is 0 Å². The minimum atomic E-state index is -0.1000. The molecule has 17 heavy (non-hydrogen) atoms. The topological polar surface area (TPSA) is 35.5 Å². The Morgan fingerprint density at radius 3 is 2.65 bits per heavy atom. The Balaban J connectivity index is 1.94. The molecule has 3 nitrogen and oxygen atoms in total. The fourth-order valence-corrected chi connectivity index (χ4v) is 3.88. The van der Waals surface area contributed by atoms with Crippen molar-refractivity contribution in [2.75, 3.05) is 7.11 Å². The highest BCUT2D eigenvalue weighted by molar-refractivity contribution is 5.68. The number of hydrogen-bond donors (Lipinski definition) is 0. The van der Waals surface area contributed by atoms with Gasteiger partial charge in [0.25, 0.3) is 0 Å². The van der Waals surface area contributed by atoms with E-state index in [2.05, 4.69) is 25.5 Å². The number of carbonyl (C=O) groups is 1. The molecule has 2 rings (SSSR count). The molecule has 2 fully saturated rings. The second kappa shape index (κ2) is 4.27. The third-order valence-corrected chi connectivity index (χ3v) is 4.88. The van der Waals surface area contributed by atoms with E-state index in [0.29, 0.717) is 18.4 Å². The Kier molecular flexibility index (Phi) is 3.23. The third-order valence-electron chi connectivity index (χ3n) is 4.88. The maximum atomic E-state index is 11.1. The molecule has 2 bridgehead atoms. The predicted octanol–water partition coefficient (Wildman–Crippen LogP) is 2.92. The normalized spacial score (nSPS) is 38.4. The average Bonchev–Trinajstić information content (AvgIpc) is 2.73. The first-order valence-electron chi connectivity index (χ1n) is 6.65. The minimum Gasteiger partial charge on any atom is -0.469 e. The molecule has 0 N–H and O–H groups in total. The molecule has 0 aliphatic carbocycles. The Labute approximate surface area is 104 Å². The molecule has 0 unspecified atom stereocenters. The lowest BCUT2D eigenvalue weighted by Crippen LogP contribution is -2.40. The molecule has 98 valence electrons. The lowest BCUT2D eigenvalue weighted by Gasteiger charge is -2.39. The number of carbonyl (C=O) groups excluding carboxylic acids is 1. The van der Waals surface area contributed by atoms with E-state index in [1.54, 1.807) is 0 Å². The molecular formula is C14H24O3. The Morgan fingerprint density at radius 1 is 1.41 bits per heavy atom. The monoisotopic (exact) mass is 240 g/mol. The second-order valence-electron chi connectivity index (χ2n) is 6.30. The van der Waals surface area contributed by atoms with Crippen molar-refractivity contribution in [2.24, 2.45) is 11.3 Å². The molecule has 2 heterocycles. The molecule has 0 radical (unpaired) electrons. The van der Waals surface area contributed by atoms with Crippen LogP contribution in [0, 0.1) is 11.3 Å². The number of esters is 1. The van der Waals surface area contributed by atoms with E-state index in [1.165, 1.54) is 20.0 Å². The van der Waals surface area contributed by atoms with Crippen molar-refractivity contribution in [1.82, 2.24) is 0 Å². The van der Waals surface area contributed by atoms with E-state index in [9.17, 15) is 4.79 Å². The van der Waals surface area contributed by atoms with Crippen LogP contribution in [0.2, 0.25) is 0 Å². The van der Waals surface area contributed by atoms with Crippen LogP contribution in [0.3, 0.4) is 0 Å². The first-order chi connectivity index (χ1) is 7.90. The summed E-state index contributed by atoms with van der Waals surface area (Å²) in [7, 11) is 1.45.